The molecule has 4 rings (SSSR count). The molecule has 0 amide bonds. The first-order valence-corrected chi connectivity index (χ1v) is 11.2. The Morgan fingerprint density at radius 3 is 2.80 bits per heavy atom. The first-order chi connectivity index (χ1) is 14.6. The standard InChI is InChI=1S/C23H25N3O3S/c1-29-20-7-2-4-16(12-20)15-30-11-10-26-22(27)14-21(25-23(26)28)24-19-9-8-17-5-3-6-18(17)13-19/h2,4,7-9,12-14,24H,3,5-6,10-11,15H2,1H3,(H,25,28). The number of aromatic amines is 1. The highest BCUT2D eigenvalue weighted by Gasteiger charge is 2.11. The molecule has 0 fully saturated rings. The number of hydrogen-bond donors (Lipinski definition) is 2. The molecule has 0 radical (unpaired) electrons. The molecule has 2 N–H and O–H groups in total. The summed E-state index contributed by atoms with van der Waals surface area (Å²) in [6.07, 6.45) is 3.39. The number of ether oxygens (including phenoxy) is 1. The molecule has 0 saturated carbocycles. The van der Waals surface area contributed by atoms with Crippen LogP contribution in [0.3, 0.4) is 0 Å². The Bertz CT molecular complexity index is 1120. The first-order valence-electron chi connectivity index (χ1n) is 10.1. The lowest BCUT2D eigenvalue weighted by Crippen LogP contribution is -2.35. The topological polar surface area (TPSA) is 76.1 Å². The van der Waals surface area contributed by atoms with E-state index >= 15 is 0 Å². The van der Waals surface area contributed by atoms with Gasteiger partial charge in [-0.25, -0.2) is 4.79 Å². The number of methoxy groups -OCH3 is 1. The second-order valence-electron chi connectivity index (χ2n) is 7.34. The Hall–Kier alpha value is -2.93. The van der Waals surface area contributed by atoms with Crippen molar-refractivity contribution in [2.24, 2.45) is 0 Å². The largest absolute Gasteiger partial charge is 0.497 e. The van der Waals surface area contributed by atoms with Crippen molar-refractivity contribution in [2.45, 2.75) is 31.6 Å². The maximum Gasteiger partial charge on any atom is 0.329 e. The van der Waals surface area contributed by atoms with Crippen LogP contribution in [-0.2, 0) is 25.1 Å². The van der Waals surface area contributed by atoms with Crippen LogP contribution in [0.15, 0.2) is 58.1 Å². The molecular weight excluding hydrogens is 398 g/mol. The fourth-order valence-electron chi connectivity index (χ4n) is 3.71. The highest BCUT2D eigenvalue weighted by Crippen LogP contribution is 2.26. The predicted molar refractivity (Wildman–Crippen MR) is 122 cm³/mol. The Labute approximate surface area is 179 Å². The zero-order valence-electron chi connectivity index (χ0n) is 16.9. The van der Waals surface area contributed by atoms with Crippen LogP contribution in [-0.4, -0.2) is 22.4 Å². The van der Waals surface area contributed by atoms with Crippen molar-refractivity contribution in [2.75, 3.05) is 18.2 Å². The molecular formula is C23H25N3O3S. The summed E-state index contributed by atoms with van der Waals surface area (Å²) in [5.41, 5.74) is 4.06. The normalized spacial score (nSPS) is 12.6. The summed E-state index contributed by atoms with van der Waals surface area (Å²) in [4.78, 5) is 27.7. The van der Waals surface area contributed by atoms with Crippen molar-refractivity contribution in [1.29, 1.82) is 0 Å². The average molecular weight is 424 g/mol. The van der Waals surface area contributed by atoms with Gasteiger partial charge in [0.1, 0.15) is 11.6 Å². The summed E-state index contributed by atoms with van der Waals surface area (Å²) in [6.45, 7) is 0.363. The Kier molecular flexibility index (Phi) is 6.28. The number of rotatable bonds is 8. The van der Waals surface area contributed by atoms with E-state index in [0.717, 1.165) is 35.6 Å². The van der Waals surface area contributed by atoms with Crippen LogP contribution < -0.4 is 21.3 Å². The molecule has 1 aliphatic carbocycles. The van der Waals surface area contributed by atoms with Gasteiger partial charge >= 0.3 is 5.69 Å². The van der Waals surface area contributed by atoms with E-state index in [1.807, 2.05) is 30.3 Å². The van der Waals surface area contributed by atoms with Gasteiger partial charge in [-0.05, 0) is 60.2 Å². The molecule has 3 aromatic rings. The van der Waals surface area contributed by atoms with Gasteiger partial charge < -0.3 is 10.1 Å². The van der Waals surface area contributed by atoms with E-state index in [9.17, 15) is 9.59 Å². The van der Waals surface area contributed by atoms with Crippen LogP contribution in [0.1, 0.15) is 23.1 Å². The van der Waals surface area contributed by atoms with Gasteiger partial charge in [-0.15, -0.1) is 0 Å². The second-order valence-corrected chi connectivity index (χ2v) is 8.45. The highest BCUT2D eigenvalue weighted by atomic mass is 32.2. The van der Waals surface area contributed by atoms with Gasteiger partial charge in [-0.3, -0.25) is 14.3 Å². The van der Waals surface area contributed by atoms with E-state index in [-0.39, 0.29) is 5.56 Å². The first kappa shape index (κ1) is 20.3. The molecule has 1 aliphatic rings. The van der Waals surface area contributed by atoms with Gasteiger partial charge in [0.15, 0.2) is 0 Å². The summed E-state index contributed by atoms with van der Waals surface area (Å²) >= 11 is 1.67. The van der Waals surface area contributed by atoms with Crippen molar-refractivity contribution in [3.63, 3.8) is 0 Å². The smallest absolute Gasteiger partial charge is 0.329 e. The number of fused-ring (bicyclic) bond motifs is 1. The van der Waals surface area contributed by atoms with Gasteiger partial charge in [0.25, 0.3) is 5.56 Å². The zero-order valence-corrected chi connectivity index (χ0v) is 17.8. The molecule has 6 nitrogen and oxygen atoms in total. The fraction of sp³-hybridized carbons (Fsp3) is 0.304. The summed E-state index contributed by atoms with van der Waals surface area (Å²) in [6, 6.07) is 15.5. The maximum absolute atomic E-state index is 12.5. The second kappa shape index (κ2) is 9.26. The number of aryl methyl sites for hydroxylation is 2. The third-order valence-electron chi connectivity index (χ3n) is 5.26. The number of benzene rings is 2. The third-order valence-corrected chi connectivity index (χ3v) is 6.27. The molecule has 7 heteroatoms. The number of nitrogens with zero attached hydrogens (tertiary/aromatic N) is 1. The van der Waals surface area contributed by atoms with E-state index in [1.54, 1.807) is 18.9 Å². The number of anilines is 2. The molecule has 156 valence electrons. The molecule has 0 aliphatic heterocycles. The van der Waals surface area contributed by atoms with Crippen molar-refractivity contribution in [3.05, 3.63) is 86.1 Å². The van der Waals surface area contributed by atoms with Crippen LogP contribution >= 0.6 is 11.8 Å². The minimum atomic E-state index is -0.395. The van der Waals surface area contributed by atoms with Gasteiger partial charge in [-0.2, -0.15) is 11.8 Å². The van der Waals surface area contributed by atoms with Crippen LogP contribution in [0.25, 0.3) is 0 Å². The van der Waals surface area contributed by atoms with Crippen molar-refractivity contribution >= 4 is 23.3 Å². The van der Waals surface area contributed by atoms with Gasteiger partial charge in [0.05, 0.1) is 7.11 Å². The van der Waals surface area contributed by atoms with Crippen molar-refractivity contribution in [3.8, 4) is 5.75 Å². The van der Waals surface area contributed by atoms with Crippen LogP contribution in [0.4, 0.5) is 11.5 Å². The number of H-pyrrole nitrogens is 1. The Morgan fingerprint density at radius 2 is 1.97 bits per heavy atom. The molecule has 30 heavy (non-hydrogen) atoms. The van der Waals surface area contributed by atoms with E-state index in [1.165, 1.54) is 28.2 Å². The summed E-state index contributed by atoms with van der Waals surface area (Å²) < 4.78 is 6.47. The number of thioether (sulfide) groups is 1. The van der Waals surface area contributed by atoms with Gasteiger partial charge in [0.2, 0.25) is 0 Å². The van der Waals surface area contributed by atoms with E-state index < -0.39 is 5.69 Å². The predicted octanol–water partition coefficient (Wildman–Crippen LogP) is 3.71. The van der Waals surface area contributed by atoms with Gasteiger partial charge in [-0.1, -0.05) is 18.2 Å². The number of hydrogen-bond acceptors (Lipinski definition) is 5. The SMILES string of the molecule is COc1cccc(CSCCn2c(=O)cc(Nc3ccc4c(c3)CCC4)[nH]c2=O)c1. The molecule has 2 aromatic carbocycles. The molecule has 0 unspecified atom stereocenters. The number of nitrogens with one attached hydrogen (secondary N) is 2. The zero-order chi connectivity index (χ0) is 20.9. The molecule has 0 saturated heterocycles. The van der Waals surface area contributed by atoms with Crippen LogP contribution in [0.5, 0.6) is 5.75 Å². The quantitative estimate of drug-likeness (QED) is 0.540. The molecule has 0 bridgehead atoms. The van der Waals surface area contributed by atoms with E-state index in [0.29, 0.717) is 18.1 Å². The Morgan fingerprint density at radius 1 is 1.10 bits per heavy atom. The average Bonchev–Trinajstić information content (AvgIpc) is 3.21. The monoisotopic (exact) mass is 423 g/mol. The Balaban J connectivity index is 1.36. The summed E-state index contributed by atoms with van der Waals surface area (Å²) in [5, 5.41) is 3.16. The van der Waals surface area contributed by atoms with Crippen molar-refractivity contribution < 1.29 is 4.74 Å². The van der Waals surface area contributed by atoms with E-state index in [2.05, 4.69) is 22.4 Å². The lowest BCUT2D eigenvalue weighted by atomic mass is 10.1. The lowest BCUT2D eigenvalue weighted by Gasteiger charge is -2.10. The molecule has 1 aromatic heterocycles. The minimum Gasteiger partial charge on any atom is -0.497 e. The van der Waals surface area contributed by atoms with Crippen LogP contribution in [0, 0.1) is 0 Å². The molecule has 0 atom stereocenters. The van der Waals surface area contributed by atoms with Crippen molar-refractivity contribution in [1.82, 2.24) is 9.55 Å². The lowest BCUT2D eigenvalue weighted by molar-refractivity contribution is 0.414. The highest BCUT2D eigenvalue weighted by molar-refractivity contribution is 7.98. The third kappa shape index (κ3) is 4.79. The molecule has 0 spiro atoms. The van der Waals surface area contributed by atoms with Gasteiger partial charge in [0, 0.05) is 29.8 Å². The summed E-state index contributed by atoms with van der Waals surface area (Å²) in [7, 11) is 1.65. The number of aromatic nitrogens is 2. The fourth-order valence-corrected chi connectivity index (χ4v) is 4.58. The molecule has 1 heterocycles. The van der Waals surface area contributed by atoms with E-state index in [4.69, 9.17) is 4.74 Å². The van der Waals surface area contributed by atoms with Crippen LogP contribution in [0.2, 0.25) is 0 Å². The minimum absolute atomic E-state index is 0.301. The maximum atomic E-state index is 12.5. The summed E-state index contributed by atoms with van der Waals surface area (Å²) in [5.74, 6) is 2.70.